The lowest BCUT2D eigenvalue weighted by atomic mass is 9.83. The van der Waals surface area contributed by atoms with Crippen molar-refractivity contribution in [3.8, 4) is 0 Å². The van der Waals surface area contributed by atoms with E-state index in [4.69, 9.17) is 4.74 Å². The number of carbonyl (C=O) groups is 2. The molecule has 1 aliphatic rings. The first kappa shape index (κ1) is 18.2. The van der Waals surface area contributed by atoms with Crippen LogP contribution in [0.4, 0.5) is 0 Å². The fourth-order valence-electron chi connectivity index (χ4n) is 3.10. The molecule has 0 N–H and O–H groups in total. The van der Waals surface area contributed by atoms with E-state index < -0.39 is 5.60 Å². The van der Waals surface area contributed by atoms with E-state index in [1.165, 1.54) is 0 Å². The molecule has 1 heterocycles. The van der Waals surface area contributed by atoms with Gasteiger partial charge in [-0.3, -0.25) is 9.59 Å². The average Bonchev–Trinajstić information content (AvgIpc) is 2.53. The molecule has 1 aromatic carbocycles. The maximum Gasteiger partial charge on any atom is 0.306 e. The zero-order valence-electron chi connectivity index (χ0n) is 14.8. The molecule has 0 unspecified atom stereocenters. The summed E-state index contributed by atoms with van der Waals surface area (Å²) in [6.07, 6.45) is 3.02. The lowest BCUT2D eigenvalue weighted by Crippen LogP contribution is -2.44. The smallest absolute Gasteiger partial charge is 0.306 e. The molecule has 4 heteroatoms. The molecule has 4 nitrogen and oxygen atoms in total. The van der Waals surface area contributed by atoms with Gasteiger partial charge in [0.1, 0.15) is 5.60 Å². The summed E-state index contributed by atoms with van der Waals surface area (Å²) in [5.41, 5.74) is 0.232. The Morgan fingerprint density at radius 1 is 1.29 bits per heavy atom. The van der Waals surface area contributed by atoms with Gasteiger partial charge in [0.05, 0.1) is 0 Å². The van der Waals surface area contributed by atoms with E-state index in [9.17, 15) is 9.59 Å². The van der Waals surface area contributed by atoms with Crippen molar-refractivity contribution in [2.75, 3.05) is 13.1 Å². The molecule has 0 aromatic heterocycles. The maximum atomic E-state index is 12.6. The van der Waals surface area contributed by atoms with E-state index in [1.54, 1.807) is 0 Å². The lowest BCUT2D eigenvalue weighted by Gasteiger charge is -2.37. The van der Waals surface area contributed by atoms with Gasteiger partial charge in [0.2, 0.25) is 0 Å². The minimum atomic E-state index is -0.468. The molecule has 1 saturated heterocycles. The first-order valence-electron chi connectivity index (χ1n) is 8.49. The van der Waals surface area contributed by atoms with E-state index in [-0.39, 0.29) is 23.7 Å². The van der Waals surface area contributed by atoms with Gasteiger partial charge >= 0.3 is 5.97 Å². The van der Waals surface area contributed by atoms with Crippen molar-refractivity contribution in [1.82, 2.24) is 4.90 Å². The number of piperidine rings is 1. The summed E-state index contributed by atoms with van der Waals surface area (Å²) in [5.74, 6) is 0.149. The SMILES string of the molecule is C=C[C@H]1CN(C(=O)c2ccccc2)CC[C@H]1CC(=O)OC(C)(C)C. The van der Waals surface area contributed by atoms with E-state index >= 15 is 0 Å². The molecule has 0 radical (unpaired) electrons. The highest BCUT2D eigenvalue weighted by Crippen LogP contribution is 2.29. The normalized spacial score (nSPS) is 21.2. The van der Waals surface area contributed by atoms with Crippen LogP contribution in [-0.4, -0.2) is 35.5 Å². The Balaban J connectivity index is 1.97. The number of hydrogen-bond donors (Lipinski definition) is 0. The van der Waals surface area contributed by atoms with Crippen molar-refractivity contribution in [3.63, 3.8) is 0 Å². The van der Waals surface area contributed by atoms with Crippen LogP contribution in [-0.2, 0) is 9.53 Å². The van der Waals surface area contributed by atoms with E-state index in [0.717, 1.165) is 6.42 Å². The van der Waals surface area contributed by atoms with Gasteiger partial charge < -0.3 is 9.64 Å². The number of carbonyl (C=O) groups excluding carboxylic acids is 2. The second-order valence-electron chi connectivity index (χ2n) is 7.36. The van der Waals surface area contributed by atoms with Crippen LogP contribution in [0.5, 0.6) is 0 Å². The van der Waals surface area contributed by atoms with Crippen molar-refractivity contribution < 1.29 is 14.3 Å². The number of amides is 1. The Morgan fingerprint density at radius 3 is 2.54 bits per heavy atom. The first-order chi connectivity index (χ1) is 11.3. The number of hydrogen-bond acceptors (Lipinski definition) is 3. The first-order valence-corrected chi connectivity index (χ1v) is 8.49. The van der Waals surface area contributed by atoms with E-state index in [1.807, 2.05) is 62.1 Å². The van der Waals surface area contributed by atoms with E-state index in [2.05, 4.69) is 6.58 Å². The third-order valence-electron chi connectivity index (χ3n) is 4.27. The minimum absolute atomic E-state index is 0.0400. The number of likely N-dealkylation sites (tertiary alicyclic amines) is 1. The minimum Gasteiger partial charge on any atom is -0.460 e. The summed E-state index contributed by atoms with van der Waals surface area (Å²) < 4.78 is 5.42. The Bertz CT molecular complexity index is 589. The molecule has 2 rings (SSSR count). The lowest BCUT2D eigenvalue weighted by molar-refractivity contribution is -0.156. The predicted molar refractivity (Wildman–Crippen MR) is 94.6 cm³/mol. The number of nitrogens with zero attached hydrogens (tertiary/aromatic N) is 1. The molecule has 1 aliphatic heterocycles. The predicted octanol–water partition coefficient (Wildman–Crippen LogP) is 3.68. The van der Waals surface area contributed by atoms with Gasteiger partial charge in [-0.1, -0.05) is 24.3 Å². The number of ether oxygens (including phenoxy) is 1. The summed E-state index contributed by atoms with van der Waals surface area (Å²) in [6.45, 7) is 10.8. The highest BCUT2D eigenvalue weighted by Gasteiger charge is 2.32. The highest BCUT2D eigenvalue weighted by molar-refractivity contribution is 5.94. The van der Waals surface area contributed by atoms with Crippen molar-refractivity contribution in [1.29, 1.82) is 0 Å². The van der Waals surface area contributed by atoms with Gasteiger partial charge in [-0.15, -0.1) is 6.58 Å². The van der Waals surface area contributed by atoms with Crippen molar-refractivity contribution in [2.45, 2.75) is 39.2 Å². The van der Waals surface area contributed by atoms with E-state index in [0.29, 0.717) is 25.1 Å². The molecular formula is C20H27NO3. The standard InChI is InChI=1S/C20H27NO3/c1-5-15-14-21(19(23)16-9-7-6-8-10-16)12-11-17(15)13-18(22)24-20(2,3)4/h5-10,15,17H,1,11-14H2,2-4H3/t15-,17-/m0/s1. The molecule has 1 amide bonds. The van der Waals surface area contributed by atoms with Gasteiger partial charge in [0.15, 0.2) is 0 Å². The summed E-state index contributed by atoms with van der Waals surface area (Å²) in [6, 6.07) is 9.30. The summed E-state index contributed by atoms with van der Waals surface area (Å²) in [4.78, 5) is 26.5. The number of esters is 1. The summed E-state index contributed by atoms with van der Waals surface area (Å²) >= 11 is 0. The van der Waals surface area contributed by atoms with Crippen LogP contribution in [0.2, 0.25) is 0 Å². The van der Waals surface area contributed by atoms with Crippen molar-refractivity contribution in [2.24, 2.45) is 11.8 Å². The van der Waals surface area contributed by atoms with Gasteiger partial charge in [-0.05, 0) is 51.2 Å². The molecule has 0 spiro atoms. The Morgan fingerprint density at radius 2 is 1.96 bits per heavy atom. The van der Waals surface area contributed by atoms with Gasteiger partial charge in [-0.25, -0.2) is 0 Å². The molecule has 130 valence electrons. The zero-order valence-corrected chi connectivity index (χ0v) is 14.8. The van der Waals surface area contributed by atoms with Crippen LogP contribution in [0.1, 0.15) is 44.0 Å². The van der Waals surface area contributed by atoms with Crippen LogP contribution < -0.4 is 0 Å². The average molecular weight is 329 g/mol. The second-order valence-corrected chi connectivity index (χ2v) is 7.36. The molecule has 0 bridgehead atoms. The van der Waals surface area contributed by atoms with Gasteiger partial charge in [-0.2, -0.15) is 0 Å². The molecule has 1 aromatic rings. The second kappa shape index (κ2) is 7.65. The third-order valence-corrected chi connectivity index (χ3v) is 4.27. The monoisotopic (exact) mass is 329 g/mol. The fraction of sp³-hybridized carbons (Fsp3) is 0.500. The highest BCUT2D eigenvalue weighted by atomic mass is 16.6. The zero-order chi connectivity index (χ0) is 17.7. The number of rotatable bonds is 4. The fourth-order valence-corrected chi connectivity index (χ4v) is 3.10. The topological polar surface area (TPSA) is 46.6 Å². The summed E-state index contributed by atoms with van der Waals surface area (Å²) in [5, 5.41) is 0. The molecular weight excluding hydrogens is 302 g/mol. The molecule has 0 saturated carbocycles. The molecule has 24 heavy (non-hydrogen) atoms. The maximum absolute atomic E-state index is 12.6. The summed E-state index contributed by atoms with van der Waals surface area (Å²) in [7, 11) is 0. The molecule has 0 aliphatic carbocycles. The Hall–Kier alpha value is -2.10. The van der Waals surface area contributed by atoms with Crippen LogP contribution in [0.3, 0.4) is 0 Å². The molecule has 2 atom stereocenters. The van der Waals surface area contributed by atoms with Crippen LogP contribution in [0, 0.1) is 11.8 Å². The van der Waals surface area contributed by atoms with Crippen LogP contribution in [0.25, 0.3) is 0 Å². The number of benzene rings is 1. The quantitative estimate of drug-likeness (QED) is 0.625. The van der Waals surface area contributed by atoms with Crippen LogP contribution >= 0.6 is 0 Å². The van der Waals surface area contributed by atoms with Gasteiger partial charge in [0, 0.05) is 25.1 Å². The molecule has 1 fully saturated rings. The van der Waals surface area contributed by atoms with Crippen LogP contribution in [0.15, 0.2) is 43.0 Å². The Labute approximate surface area is 144 Å². The van der Waals surface area contributed by atoms with Crippen molar-refractivity contribution in [3.05, 3.63) is 48.6 Å². The largest absolute Gasteiger partial charge is 0.460 e. The van der Waals surface area contributed by atoms with Gasteiger partial charge in [0.25, 0.3) is 5.91 Å². The Kier molecular flexibility index (Phi) is 5.81. The van der Waals surface area contributed by atoms with Crippen molar-refractivity contribution >= 4 is 11.9 Å². The third kappa shape index (κ3) is 4.95.